The van der Waals surface area contributed by atoms with Crippen LogP contribution in [-0.2, 0) is 0 Å². The van der Waals surface area contributed by atoms with Crippen molar-refractivity contribution in [2.45, 2.75) is 31.5 Å². The van der Waals surface area contributed by atoms with Crippen LogP contribution in [0.5, 0.6) is 11.5 Å². The van der Waals surface area contributed by atoms with Crippen LogP contribution in [0.25, 0.3) is 10.8 Å². The normalized spacial score (nSPS) is 18.8. The van der Waals surface area contributed by atoms with Crippen molar-refractivity contribution in [3.63, 3.8) is 0 Å². The highest BCUT2D eigenvalue weighted by Crippen LogP contribution is 2.42. The zero-order valence-electron chi connectivity index (χ0n) is 10.3. The maximum Gasteiger partial charge on any atom is 0.598 e. The minimum absolute atomic E-state index is 0.0898. The van der Waals surface area contributed by atoms with Gasteiger partial charge >= 0.3 is 7.12 Å². The summed E-state index contributed by atoms with van der Waals surface area (Å²) in [6.45, 7) is 0. The third-order valence-corrected chi connectivity index (χ3v) is 4.10. The van der Waals surface area contributed by atoms with E-state index in [-0.39, 0.29) is 7.12 Å². The van der Waals surface area contributed by atoms with Gasteiger partial charge in [-0.3, -0.25) is 0 Å². The van der Waals surface area contributed by atoms with Crippen LogP contribution < -0.4 is 9.31 Å². The molecule has 0 atom stereocenters. The smallest absolute Gasteiger partial charge is 0.525 e. The summed E-state index contributed by atoms with van der Waals surface area (Å²) in [4.78, 5) is 0. The SMILES string of the molecule is c1cc2c3c(cccc3c1)OB(C1CCCC1)O2. The van der Waals surface area contributed by atoms with Gasteiger partial charge in [-0.15, -0.1) is 0 Å². The molecule has 0 saturated heterocycles. The molecule has 90 valence electrons. The van der Waals surface area contributed by atoms with Crippen LogP contribution in [0, 0.1) is 0 Å². The molecule has 1 saturated carbocycles. The van der Waals surface area contributed by atoms with Gasteiger partial charge in [0.2, 0.25) is 0 Å². The first kappa shape index (κ1) is 10.3. The van der Waals surface area contributed by atoms with Crippen LogP contribution in [-0.4, -0.2) is 7.12 Å². The molecule has 0 radical (unpaired) electrons. The quantitative estimate of drug-likeness (QED) is 0.698. The second kappa shape index (κ2) is 3.94. The molecule has 2 aromatic rings. The van der Waals surface area contributed by atoms with E-state index >= 15 is 0 Å². The predicted octanol–water partition coefficient (Wildman–Crippen LogP) is 4.04. The van der Waals surface area contributed by atoms with Crippen molar-refractivity contribution in [2.24, 2.45) is 0 Å². The average molecular weight is 238 g/mol. The third-order valence-electron chi connectivity index (χ3n) is 4.10. The summed E-state index contributed by atoms with van der Waals surface area (Å²) in [7, 11) is -0.0898. The van der Waals surface area contributed by atoms with Gasteiger partial charge in [0.15, 0.2) is 0 Å². The van der Waals surface area contributed by atoms with Gasteiger partial charge in [-0.2, -0.15) is 0 Å². The Balaban J connectivity index is 1.78. The van der Waals surface area contributed by atoms with Gasteiger partial charge in [0.25, 0.3) is 0 Å². The number of rotatable bonds is 1. The first-order chi connectivity index (χ1) is 8.92. The molecule has 3 heteroatoms. The largest absolute Gasteiger partial charge is 0.598 e. The van der Waals surface area contributed by atoms with Gasteiger partial charge in [-0.1, -0.05) is 37.1 Å². The van der Waals surface area contributed by atoms with Crippen molar-refractivity contribution < 1.29 is 9.31 Å². The van der Waals surface area contributed by atoms with Crippen molar-refractivity contribution in [3.8, 4) is 11.5 Å². The average Bonchev–Trinajstić information content (AvgIpc) is 2.93. The molecule has 2 aromatic carbocycles. The van der Waals surface area contributed by atoms with E-state index in [1.807, 2.05) is 0 Å². The minimum atomic E-state index is -0.0898. The number of benzene rings is 2. The van der Waals surface area contributed by atoms with Gasteiger partial charge in [-0.05, 0) is 30.4 Å². The molecular weight excluding hydrogens is 223 g/mol. The summed E-state index contributed by atoms with van der Waals surface area (Å²) in [6, 6.07) is 12.4. The summed E-state index contributed by atoms with van der Waals surface area (Å²) in [5.74, 6) is 2.51. The monoisotopic (exact) mass is 238 g/mol. The van der Waals surface area contributed by atoms with Crippen LogP contribution >= 0.6 is 0 Å². The Labute approximate surface area is 107 Å². The van der Waals surface area contributed by atoms with Crippen LogP contribution in [0.1, 0.15) is 25.7 Å². The fraction of sp³-hybridized carbons (Fsp3) is 0.333. The maximum atomic E-state index is 6.07. The van der Waals surface area contributed by atoms with E-state index in [1.54, 1.807) is 0 Å². The lowest BCUT2D eigenvalue weighted by molar-refractivity contribution is 0.391. The maximum absolute atomic E-state index is 6.07. The van der Waals surface area contributed by atoms with Gasteiger partial charge in [0.1, 0.15) is 11.5 Å². The van der Waals surface area contributed by atoms with Gasteiger partial charge in [0, 0.05) is 5.82 Å². The van der Waals surface area contributed by atoms with Gasteiger partial charge < -0.3 is 9.31 Å². The third kappa shape index (κ3) is 1.50. The van der Waals surface area contributed by atoms with E-state index in [0.29, 0.717) is 5.82 Å². The highest BCUT2D eigenvalue weighted by atomic mass is 16.6. The topological polar surface area (TPSA) is 18.5 Å². The lowest BCUT2D eigenvalue weighted by atomic mass is 9.69. The number of hydrogen-bond donors (Lipinski definition) is 0. The molecule has 0 N–H and O–H groups in total. The van der Waals surface area contributed by atoms with Gasteiger partial charge in [0.05, 0.1) is 5.39 Å². The summed E-state index contributed by atoms with van der Waals surface area (Å²) in [5.41, 5.74) is 0. The Kier molecular flexibility index (Phi) is 2.26. The standard InChI is InChI=1S/C15H15BO2/c1-2-8-12(7-1)16-17-13-9-3-5-11-6-4-10-14(18-16)15(11)13/h3-6,9-10,12H,1-2,7-8H2. The zero-order chi connectivity index (χ0) is 11.9. The fourth-order valence-corrected chi connectivity index (χ4v) is 3.17. The van der Waals surface area contributed by atoms with Gasteiger partial charge in [-0.25, -0.2) is 0 Å². The highest BCUT2D eigenvalue weighted by Gasteiger charge is 2.39. The Morgan fingerprint density at radius 1 is 0.889 bits per heavy atom. The summed E-state index contributed by atoms with van der Waals surface area (Å²) in [6.07, 6.45) is 5.06. The Bertz CT molecular complexity index is 549. The second-order valence-electron chi connectivity index (χ2n) is 5.26. The van der Waals surface area contributed by atoms with Crippen molar-refractivity contribution in [3.05, 3.63) is 36.4 Å². The van der Waals surface area contributed by atoms with E-state index in [9.17, 15) is 0 Å². The van der Waals surface area contributed by atoms with Crippen molar-refractivity contribution in [2.75, 3.05) is 0 Å². The number of hydrogen-bond acceptors (Lipinski definition) is 2. The molecule has 0 bridgehead atoms. The molecule has 2 aliphatic rings. The van der Waals surface area contributed by atoms with E-state index in [1.165, 1.54) is 31.1 Å². The van der Waals surface area contributed by atoms with Crippen molar-refractivity contribution >= 4 is 17.9 Å². The molecule has 0 aromatic heterocycles. The molecule has 0 amide bonds. The second-order valence-corrected chi connectivity index (χ2v) is 5.26. The van der Waals surface area contributed by atoms with Crippen molar-refractivity contribution in [1.29, 1.82) is 0 Å². The van der Waals surface area contributed by atoms with E-state index < -0.39 is 0 Å². The molecule has 1 heterocycles. The molecular formula is C15H15BO2. The molecule has 1 aliphatic carbocycles. The molecule has 4 rings (SSSR count). The fourth-order valence-electron chi connectivity index (χ4n) is 3.17. The first-order valence-corrected chi connectivity index (χ1v) is 6.77. The lowest BCUT2D eigenvalue weighted by Crippen LogP contribution is -2.36. The van der Waals surface area contributed by atoms with Crippen LogP contribution in [0.15, 0.2) is 36.4 Å². The Morgan fingerprint density at radius 3 is 2.11 bits per heavy atom. The van der Waals surface area contributed by atoms with Crippen LogP contribution in [0.2, 0.25) is 5.82 Å². The summed E-state index contributed by atoms with van der Waals surface area (Å²) in [5, 5.41) is 2.31. The minimum Gasteiger partial charge on any atom is -0.525 e. The highest BCUT2D eigenvalue weighted by molar-refractivity contribution is 6.49. The van der Waals surface area contributed by atoms with Crippen LogP contribution in [0.3, 0.4) is 0 Å². The lowest BCUT2D eigenvalue weighted by Gasteiger charge is -2.27. The summed E-state index contributed by atoms with van der Waals surface area (Å²) < 4.78 is 12.1. The van der Waals surface area contributed by atoms with Crippen molar-refractivity contribution in [1.82, 2.24) is 0 Å². The van der Waals surface area contributed by atoms with E-state index in [4.69, 9.17) is 9.31 Å². The molecule has 18 heavy (non-hydrogen) atoms. The molecule has 1 fully saturated rings. The predicted molar refractivity (Wildman–Crippen MR) is 73.2 cm³/mol. The zero-order valence-corrected chi connectivity index (χ0v) is 10.3. The Morgan fingerprint density at radius 2 is 1.50 bits per heavy atom. The molecule has 0 unspecified atom stereocenters. The first-order valence-electron chi connectivity index (χ1n) is 6.77. The Hall–Kier alpha value is -1.64. The van der Waals surface area contributed by atoms with E-state index in [2.05, 4.69) is 36.4 Å². The molecule has 2 nitrogen and oxygen atoms in total. The van der Waals surface area contributed by atoms with E-state index in [0.717, 1.165) is 16.9 Å². The molecule has 0 spiro atoms. The van der Waals surface area contributed by atoms with Crippen LogP contribution in [0.4, 0.5) is 0 Å². The summed E-state index contributed by atoms with van der Waals surface area (Å²) >= 11 is 0. The molecule has 1 aliphatic heterocycles.